The lowest BCUT2D eigenvalue weighted by Crippen LogP contribution is -2.16. The van der Waals surface area contributed by atoms with E-state index in [0.717, 1.165) is 23.9 Å². The number of rotatable bonds is 3. The minimum absolute atomic E-state index is 0.251. The summed E-state index contributed by atoms with van der Waals surface area (Å²) in [6.45, 7) is 0.591. The predicted octanol–water partition coefficient (Wildman–Crippen LogP) is 2.69. The Morgan fingerprint density at radius 3 is 2.45 bits per heavy atom. The fourth-order valence-electron chi connectivity index (χ4n) is 2.80. The van der Waals surface area contributed by atoms with E-state index in [-0.39, 0.29) is 10.6 Å². The first kappa shape index (κ1) is 14.5. The number of nitro benzene ring substituents is 1. The monoisotopic (exact) mass is 318 g/mol. The van der Waals surface area contributed by atoms with Crippen LogP contribution in [0.15, 0.2) is 47.4 Å². The number of hydrogen-bond acceptors (Lipinski definition) is 5. The topological polar surface area (TPSA) is 80.5 Å². The second kappa shape index (κ2) is 5.10. The van der Waals surface area contributed by atoms with Gasteiger partial charge in [0.15, 0.2) is 9.84 Å². The standard InChI is InChI=1S/C15H14N2O4S/c1-22(20,21)14-8-4-7-13(15(14)17(18)19)16-10-9-11-5-2-3-6-12(11)16/h2-8H,9-10H2,1H3. The second-order valence-electron chi connectivity index (χ2n) is 5.18. The van der Waals surface area contributed by atoms with E-state index in [2.05, 4.69) is 0 Å². The maximum absolute atomic E-state index is 11.8. The summed E-state index contributed by atoms with van der Waals surface area (Å²) in [5, 5.41) is 11.5. The Morgan fingerprint density at radius 1 is 1.09 bits per heavy atom. The number of benzene rings is 2. The van der Waals surface area contributed by atoms with Crippen LogP contribution in [0, 0.1) is 10.1 Å². The number of hydrogen-bond donors (Lipinski definition) is 0. The van der Waals surface area contributed by atoms with Crippen molar-refractivity contribution in [3.63, 3.8) is 0 Å². The smallest absolute Gasteiger partial charge is 0.311 e. The summed E-state index contributed by atoms with van der Waals surface area (Å²) in [6, 6.07) is 12.1. The molecule has 0 fully saturated rings. The molecule has 0 amide bonds. The summed E-state index contributed by atoms with van der Waals surface area (Å²) in [6.07, 6.45) is 1.76. The van der Waals surface area contributed by atoms with Crippen molar-refractivity contribution in [3.8, 4) is 0 Å². The van der Waals surface area contributed by atoms with Crippen molar-refractivity contribution >= 4 is 26.9 Å². The maximum atomic E-state index is 11.8. The molecule has 114 valence electrons. The van der Waals surface area contributed by atoms with E-state index in [9.17, 15) is 18.5 Å². The van der Waals surface area contributed by atoms with Crippen LogP contribution in [0.5, 0.6) is 0 Å². The van der Waals surface area contributed by atoms with Crippen LogP contribution in [-0.2, 0) is 16.3 Å². The van der Waals surface area contributed by atoms with E-state index in [1.165, 1.54) is 6.07 Å². The molecule has 0 saturated heterocycles. The lowest BCUT2D eigenvalue weighted by Gasteiger charge is -2.20. The van der Waals surface area contributed by atoms with Crippen LogP contribution in [0.2, 0.25) is 0 Å². The molecular weight excluding hydrogens is 304 g/mol. The average Bonchev–Trinajstić information content (AvgIpc) is 2.89. The Morgan fingerprint density at radius 2 is 1.77 bits per heavy atom. The zero-order chi connectivity index (χ0) is 15.9. The molecule has 3 rings (SSSR count). The fraction of sp³-hybridized carbons (Fsp3) is 0.200. The highest BCUT2D eigenvalue weighted by molar-refractivity contribution is 7.90. The van der Waals surface area contributed by atoms with Gasteiger partial charge in [0.1, 0.15) is 10.6 Å². The summed E-state index contributed by atoms with van der Waals surface area (Å²) in [5.74, 6) is 0. The van der Waals surface area contributed by atoms with Crippen molar-refractivity contribution in [3.05, 3.63) is 58.1 Å². The van der Waals surface area contributed by atoms with Gasteiger partial charge < -0.3 is 4.90 Å². The molecule has 22 heavy (non-hydrogen) atoms. The van der Waals surface area contributed by atoms with Gasteiger partial charge in [-0.05, 0) is 30.2 Å². The van der Waals surface area contributed by atoms with E-state index in [4.69, 9.17) is 0 Å². The number of para-hydroxylation sites is 2. The third kappa shape index (κ3) is 2.33. The van der Waals surface area contributed by atoms with Crippen molar-refractivity contribution in [2.45, 2.75) is 11.3 Å². The number of fused-ring (bicyclic) bond motifs is 1. The van der Waals surface area contributed by atoms with Gasteiger partial charge in [0, 0.05) is 18.5 Å². The minimum Gasteiger partial charge on any atom is -0.335 e. The average molecular weight is 318 g/mol. The second-order valence-corrected chi connectivity index (χ2v) is 7.17. The van der Waals surface area contributed by atoms with Crippen molar-refractivity contribution < 1.29 is 13.3 Å². The molecule has 2 aromatic carbocycles. The zero-order valence-electron chi connectivity index (χ0n) is 11.9. The van der Waals surface area contributed by atoms with Gasteiger partial charge in [0.2, 0.25) is 0 Å². The Bertz CT molecular complexity index is 862. The molecule has 1 aliphatic rings. The van der Waals surface area contributed by atoms with Crippen molar-refractivity contribution in [1.29, 1.82) is 0 Å². The molecule has 0 saturated carbocycles. The number of anilines is 2. The summed E-state index contributed by atoms with van der Waals surface area (Å²) in [5.41, 5.74) is 1.94. The van der Waals surface area contributed by atoms with E-state index in [1.54, 1.807) is 12.1 Å². The minimum atomic E-state index is -3.68. The first-order chi connectivity index (χ1) is 10.4. The molecule has 1 heterocycles. The zero-order valence-corrected chi connectivity index (χ0v) is 12.7. The SMILES string of the molecule is CS(=O)(=O)c1cccc(N2CCc3ccccc32)c1[N+](=O)[O-]. The van der Waals surface area contributed by atoms with Gasteiger partial charge in [-0.3, -0.25) is 10.1 Å². The number of nitro groups is 1. The van der Waals surface area contributed by atoms with Crippen molar-refractivity contribution in [2.24, 2.45) is 0 Å². The summed E-state index contributed by atoms with van der Waals surface area (Å²) >= 11 is 0. The van der Waals surface area contributed by atoms with Gasteiger partial charge in [0.25, 0.3) is 0 Å². The maximum Gasteiger partial charge on any atom is 0.311 e. The molecule has 6 nitrogen and oxygen atoms in total. The first-order valence-corrected chi connectivity index (χ1v) is 8.61. The highest BCUT2D eigenvalue weighted by Crippen LogP contribution is 2.41. The van der Waals surface area contributed by atoms with E-state index < -0.39 is 14.8 Å². The Labute approximate surface area is 128 Å². The van der Waals surface area contributed by atoms with E-state index >= 15 is 0 Å². The van der Waals surface area contributed by atoms with Crippen molar-refractivity contribution in [1.82, 2.24) is 0 Å². The molecule has 0 radical (unpaired) electrons. The molecular formula is C15H14N2O4S. The van der Waals surface area contributed by atoms with Crippen LogP contribution in [0.4, 0.5) is 17.1 Å². The van der Waals surface area contributed by atoms with Gasteiger partial charge in [-0.2, -0.15) is 0 Å². The van der Waals surface area contributed by atoms with Crippen LogP contribution in [-0.4, -0.2) is 26.1 Å². The Balaban J connectivity index is 2.23. The first-order valence-electron chi connectivity index (χ1n) is 6.72. The van der Waals surface area contributed by atoms with Crippen LogP contribution in [0.3, 0.4) is 0 Å². The largest absolute Gasteiger partial charge is 0.335 e. The molecule has 1 aliphatic heterocycles. The number of nitrogens with zero attached hydrogens (tertiary/aromatic N) is 2. The normalized spacial score (nSPS) is 14.0. The van der Waals surface area contributed by atoms with Gasteiger partial charge in [-0.15, -0.1) is 0 Å². The van der Waals surface area contributed by atoms with Crippen LogP contribution in [0.1, 0.15) is 5.56 Å². The van der Waals surface area contributed by atoms with Gasteiger partial charge in [-0.25, -0.2) is 8.42 Å². The van der Waals surface area contributed by atoms with Crippen LogP contribution >= 0.6 is 0 Å². The summed E-state index contributed by atoms with van der Waals surface area (Å²) in [7, 11) is -3.68. The molecule has 0 aliphatic carbocycles. The third-order valence-electron chi connectivity index (χ3n) is 3.74. The highest BCUT2D eigenvalue weighted by Gasteiger charge is 2.31. The molecule has 0 bridgehead atoms. The Hall–Kier alpha value is -2.41. The Kier molecular flexibility index (Phi) is 3.37. The lowest BCUT2D eigenvalue weighted by atomic mass is 10.2. The van der Waals surface area contributed by atoms with Gasteiger partial charge in [-0.1, -0.05) is 24.3 Å². The molecule has 0 N–H and O–H groups in total. The quantitative estimate of drug-likeness (QED) is 0.642. The van der Waals surface area contributed by atoms with Gasteiger partial charge >= 0.3 is 5.69 Å². The lowest BCUT2D eigenvalue weighted by molar-refractivity contribution is -0.387. The highest BCUT2D eigenvalue weighted by atomic mass is 32.2. The van der Waals surface area contributed by atoms with Crippen LogP contribution in [0.25, 0.3) is 0 Å². The fourth-order valence-corrected chi connectivity index (χ4v) is 3.66. The van der Waals surface area contributed by atoms with E-state index in [1.807, 2.05) is 29.2 Å². The molecule has 0 atom stereocenters. The van der Waals surface area contributed by atoms with Gasteiger partial charge in [0.05, 0.1) is 4.92 Å². The molecule has 0 aromatic heterocycles. The summed E-state index contributed by atoms with van der Waals surface area (Å²) in [4.78, 5) is 12.4. The molecule has 7 heteroatoms. The molecule has 2 aromatic rings. The summed E-state index contributed by atoms with van der Waals surface area (Å²) < 4.78 is 23.7. The molecule has 0 unspecified atom stereocenters. The number of sulfone groups is 1. The van der Waals surface area contributed by atoms with Crippen LogP contribution < -0.4 is 4.90 Å². The van der Waals surface area contributed by atoms with E-state index in [0.29, 0.717) is 12.2 Å². The third-order valence-corrected chi connectivity index (χ3v) is 4.87. The van der Waals surface area contributed by atoms with Crippen molar-refractivity contribution in [2.75, 3.05) is 17.7 Å². The predicted molar refractivity (Wildman–Crippen MR) is 83.4 cm³/mol. The molecule has 0 spiro atoms.